The van der Waals surface area contributed by atoms with Gasteiger partial charge >= 0.3 is 0 Å². The van der Waals surface area contributed by atoms with Crippen LogP contribution in [0.5, 0.6) is 0 Å². The van der Waals surface area contributed by atoms with Crippen molar-refractivity contribution in [1.29, 1.82) is 0 Å². The molecule has 0 unspecified atom stereocenters. The fraction of sp³-hybridized carbons (Fsp3) is 0.261. The smallest absolute Gasteiger partial charge is 0.119 e. The van der Waals surface area contributed by atoms with E-state index in [1.807, 2.05) is 47.4 Å². The van der Waals surface area contributed by atoms with Gasteiger partial charge in [-0.3, -0.25) is 19.5 Å². The molecule has 0 amide bonds. The van der Waals surface area contributed by atoms with Gasteiger partial charge in [0.15, 0.2) is 0 Å². The van der Waals surface area contributed by atoms with Crippen LogP contribution in [0.2, 0.25) is 0 Å². The molecule has 1 aromatic carbocycles. The molecule has 0 radical (unpaired) electrons. The van der Waals surface area contributed by atoms with E-state index in [0.717, 1.165) is 72.8 Å². The first-order chi connectivity index (χ1) is 14.4. The summed E-state index contributed by atoms with van der Waals surface area (Å²) in [4.78, 5) is 11.5. The second kappa shape index (κ2) is 8.11. The molecule has 0 saturated carbocycles. The van der Waals surface area contributed by atoms with Gasteiger partial charge in [0.05, 0.1) is 31.0 Å². The molecule has 29 heavy (non-hydrogen) atoms. The number of para-hydroxylation sites is 1. The Morgan fingerprint density at radius 3 is 2.55 bits per heavy atom. The zero-order chi connectivity index (χ0) is 19.5. The number of hydrogen-bond donors (Lipinski definition) is 0. The molecule has 0 N–H and O–H groups in total. The van der Waals surface area contributed by atoms with Crippen molar-refractivity contribution in [2.75, 3.05) is 32.8 Å². The summed E-state index contributed by atoms with van der Waals surface area (Å²) in [7, 11) is 0. The van der Waals surface area contributed by atoms with Gasteiger partial charge in [-0.1, -0.05) is 24.3 Å². The number of ether oxygens (including phenoxy) is 1. The van der Waals surface area contributed by atoms with Gasteiger partial charge in [0, 0.05) is 49.2 Å². The van der Waals surface area contributed by atoms with E-state index in [1.165, 1.54) is 0 Å². The maximum absolute atomic E-state index is 5.45. The molecular formula is C23H23N5O. The second-order valence-corrected chi connectivity index (χ2v) is 7.20. The van der Waals surface area contributed by atoms with Crippen molar-refractivity contribution in [2.24, 2.45) is 0 Å². The molecule has 4 aromatic rings. The predicted octanol–water partition coefficient (Wildman–Crippen LogP) is 3.49. The van der Waals surface area contributed by atoms with Crippen LogP contribution in [0.4, 0.5) is 0 Å². The van der Waals surface area contributed by atoms with Gasteiger partial charge in [-0.05, 0) is 29.8 Å². The summed E-state index contributed by atoms with van der Waals surface area (Å²) in [6.07, 6.45) is 5.83. The summed E-state index contributed by atoms with van der Waals surface area (Å²) < 4.78 is 7.50. The lowest BCUT2D eigenvalue weighted by molar-refractivity contribution is 0.0360. The third-order valence-corrected chi connectivity index (χ3v) is 5.36. The van der Waals surface area contributed by atoms with Gasteiger partial charge in [0.2, 0.25) is 0 Å². The van der Waals surface area contributed by atoms with E-state index in [9.17, 15) is 0 Å². The molecule has 146 valence electrons. The summed E-state index contributed by atoms with van der Waals surface area (Å²) in [5.41, 5.74) is 4.99. The molecule has 0 atom stereocenters. The van der Waals surface area contributed by atoms with Crippen molar-refractivity contribution < 1.29 is 4.74 Å². The molecule has 1 aliphatic rings. The third kappa shape index (κ3) is 3.77. The van der Waals surface area contributed by atoms with E-state index in [4.69, 9.17) is 9.84 Å². The van der Waals surface area contributed by atoms with E-state index in [2.05, 4.69) is 39.3 Å². The van der Waals surface area contributed by atoms with Crippen LogP contribution in [0.3, 0.4) is 0 Å². The Labute approximate surface area is 169 Å². The number of morpholine rings is 1. The fourth-order valence-corrected chi connectivity index (χ4v) is 3.82. The zero-order valence-electron chi connectivity index (χ0n) is 16.2. The summed E-state index contributed by atoms with van der Waals surface area (Å²) in [5.74, 6) is 0. The highest BCUT2D eigenvalue weighted by molar-refractivity contribution is 5.97. The maximum atomic E-state index is 5.45. The number of pyridine rings is 2. The lowest BCUT2D eigenvalue weighted by Crippen LogP contribution is -2.38. The molecule has 1 fully saturated rings. The normalized spacial score (nSPS) is 15.0. The summed E-state index contributed by atoms with van der Waals surface area (Å²) >= 11 is 0. The van der Waals surface area contributed by atoms with Crippen LogP contribution in [0.15, 0.2) is 67.1 Å². The number of rotatable bonds is 5. The molecule has 4 heterocycles. The molecule has 0 bridgehead atoms. The van der Waals surface area contributed by atoms with Gasteiger partial charge < -0.3 is 4.74 Å². The average molecular weight is 385 g/mol. The highest BCUT2D eigenvalue weighted by Gasteiger charge is 2.17. The number of aromatic nitrogens is 4. The highest BCUT2D eigenvalue weighted by Crippen LogP contribution is 2.34. The molecule has 6 nitrogen and oxygen atoms in total. The van der Waals surface area contributed by atoms with Crippen molar-refractivity contribution in [3.8, 4) is 22.5 Å². The molecule has 3 aromatic heterocycles. The van der Waals surface area contributed by atoms with E-state index >= 15 is 0 Å². The van der Waals surface area contributed by atoms with Crippen LogP contribution in [0.1, 0.15) is 0 Å². The third-order valence-electron chi connectivity index (χ3n) is 5.36. The van der Waals surface area contributed by atoms with Crippen LogP contribution < -0.4 is 0 Å². The lowest BCUT2D eigenvalue weighted by Gasteiger charge is -2.26. The quantitative estimate of drug-likeness (QED) is 0.526. The largest absolute Gasteiger partial charge is 0.379 e. The van der Waals surface area contributed by atoms with Crippen LogP contribution in [0, 0.1) is 0 Å². The molecular weight excluding hydrogens is 362 g/mol. The van der Waals surface area contributed by atoms with Crippen molar-refractivity contribution in [3.05, 3.63) is 67.1 Å². The Morgan fingerprint density at radius 2 is 1.69 bits per heavy atom. The van der Waals surface area contributed by atoms with E-state index < -0.39 is 0 Å². The van der Waals surface area contributed by atoms with Crippen LogP contribution in [-0.4, -0.2) is 57.5 Å². The Kier molecular flexibility index (Phi) is 5.02. The van der Waals surface area contributed by atoms with Gasteiger partial charge in [0.25, 0.3) is 0 Å². The highest BCUT2D eigenvalue weighted by atomic mass is 16.5. The first-order valence-corrected chi connectivity index (χ1v) is 10.0. The number of benzene rings is 1. The minimum atomic E-state index is 0.812. The average Bonchev–Trinajstić information content (AvgIpc) is 3.23. The Morgan fingerprint density at radius 1 is 0.828 bits per heavy atom. The summed E-state index contributed by atoms with van der Waals surface area (Å²) in [5, 5.41) is 6.05. The minimum Gasteiger partial charge on any atom is -0.379 e. The molecule has 0 spiro atoms. The summed E-state index contributed by atoms with van der Waals surface area (Å²) in [6.45, 7) is 5.39. The van der Waals surface area contributed by atoms with Gasteiger partial charge in [-0.2, -0.15) is 5.10 Å². The van der Waals surface area contributed by atoms with Crippen molar-refractivity contribution in [2.45, 2.75) is 6.54 Å². The van der Waals surface area contributed by atoms with Gasteiger partial charge in [0.1, 0.15) is 5.69 Å². The Balaban J connectivity index is 1.55. The minimum absolute atomic E-state index is 0.812. The lowest BCUT2D eigenvalue weighted by atomic mass is 10.0. The second-order valence-electron chi connectivity index (χ2n) is 7.20. The SMILES string of the molecule is c1ccc(-c2nn(CCN3CCOCC3)cc2-c2ccnc3ccccc23)nc1. The molecule has 0 aliphatic carbocycles. The zero-order valence-corrected chi connectivity index (χ0v) is 16.2. The van der Waals surface area contributed by atoms with E-state index in [-0.39, 0.29) is 0 Å². The standard InChI is InChI=1S/C23H23N5O/c1-2-6-21-19(5-1)18(8-10-25-21)20-17-28(12-11-27-13-15-29-16-14-27)26-23(20)22-7-3-4-9-24-22/h1-10,17H,11-16H2. The topological polar surface area (TPSA) is 56.1 Å². The van der Waals surface area contributed by atoms with Crippen LogP contribution in [-0.2, 0) is 11.3 Å². The van der Waals surface area contributed by atoms with E-state index in [1.54, 1.807) is 0 Å². The summed E-state index contributed by atoms with van der Waals surface area (Å²) in [6, 6.07) is 16.2. The van der Waals surface area contributed by atoms with Crippen LogP contribution in [0.25, 0.3) is 33.4 Å². The maximum Gasteiger partial charge on any atom is 0.119 e. The Hall–Kier alpha value is -3.09. The van der Waals surface area contributed by atoms with Gasteiger partial charge in [-0.25, -0.2) is 0 Å². The van der Waals surface area contributed by atoms with Crippen molar-refractivity contribution in [1.82, 2.24) is 24.6 Å². The molecule has 1 aliphatic heterocycles. The predicted molar refractivity (Wildman–Crippen MR) is 113 cm³/mol. The number of nitrogens with zero attached hydrogens (tertiary/aromatic N) is 5. The molecule has 6 heteroatoms. The fourth-order valence-electron chi connectivity index (χ4n) is 3.82. The van der Waals surface area contributed by atoms with Crippen LogP contribution >= 0.6 is 0 Å². The van der Waals surface area contributed by atoms with Crippen molar-refractivity contribution in [3.63, 3.8) is 0 Å². The Bertz CT molecular complexity index is 1100. The molecule has 5 rings (SSSR count). The van der Waals surface area contributed by atoms with Gasteiger partial charge in [-0.15, -0.1) is 0 Å². The van der Waals surface area contributed by atoms with E-state index in [0.29, 0.717) is 0 Å². The number of fused-ring (bicyclic) bond motifs is 1. The first-order valence-electron chi connectivity index (χ1n) is 10.0. The first kappa shape index (κ1) is 18.0. The monoisotopic (exact) mass is 385 g/mol. The number of hydrogen-bond acceptors (Lipinski definition) is 5. The molecule has 1 saturated heterocycles. The van der Waals surface area contributed by atoms with Crippen molar-refractivity contribution >= 4 is 10.9 Å².